The standard InChI is InChI=1S/C12H12ClNO2/c1-2-7-14(8-9-3-4-9)12(15)10-5-6-11(13)16-10/h1,5-6,9H,3-4,7-8H2. The van der Waals surface area contributed by atoms with Crippen molar-refractivity contribution in [2.24, 2.45) is 5.92 Å². The number of terminal acetylenes is 1. The Bertz CT molecular complexity index is 428. The molecule has 0 unspecified atom stereocenters. The minimum atomic E-state index is -0.184. The normalized spacial score (nSPS) is 14.5. The summed E-state index contributed by atoms with van der Waals surface area (Å²) in [5, 5.41) is 0.218. The number of hydrogen-bond acceptors (Lipinski definition) is 2. The van der Waals surface area contributed by atoms with Gasteiger partial charge in [0.25, 0.3) is 5.91 Å². The molecule has 1 amide bonds. The van der Waals surface area contributed by atoms with Gasteiger partial charge in [-0.15, -0.1) is 6.42 Å². The van der Waals surface area contributed by atoms with Crippen molar-refractivity contribution in [3.63, 3.8) is 0 Å². The molecule has 1 aliphatic carbocycles. The number of amides is 1. The lowest BCUT2D eigenvalue weighted by molar-refractivity contribution is 0.0738. The highest BCUT2D eigenvalue weighted by molar-refractivity contribution is 6.29. The van der Waals surface area contributed by atoms with Crippen LogP contribution in [0.4, 0.5) is 0 Å². The first kappa shape index (κ1) is 11.1. The van der Waals surface area contributed by atoms with Gasteiger partial charge in [0.15, 0.2) is 11.0 Å². The van der Waals surface area contributed by atoms with Gasteiger partial charge in [-0.25, -0.2) is 0 Å². The van der Waals surface area contributed by atoms with Crippen LogP contribution in [0.25, 0.3) is 0 Å². The van der Waals surface area contributed by atoms with Crippen molar-refractivity contribution in [3.05, 3.63) is 23.1 Å². The summed E-state index contributed by atoms with van der Waals surface area (Å²) in [6.07, 6.45) is 7.59. The minimum absolute atomic E-state index is 0.184. The molecule has 16 heavy (non-hydrogen) atoms. The Hall–Kier alpha value is -1.40. The third-order valence-corrected chi connectivity index (χ3v) is 2.73. The van der Waals surface area contributed by atoms with Crippen molar-refractivity contribution in [1.29, 1.82) is 0 Å². The third-order valence-electron chi connectivity index (χ3n) is 2.53. The first-order chi connectivity index (χ1) is 7.70. The summed E-state index contributed by atoms with van der Waals surface area (Å²) in [5.41, 5.74) is 0. The van der Waals surface area contributed by atoms with Crippen molar-refractivity contribution in [2.75, 3.05) is 13.1 Å². The van der Waals surface area contributed by atoms with E-state index in [1.54, 1.807) is 17.0 Å². The Labute approximate surface area is 99.4 Å². The van der Waals surface area contributed by atoms with Gasteiger partial charge in [-0.3, -0.25) is 4.79 Å². The van der Waals surface area contributed by atoms with E-state index in [0.717, 1.165) is 0 Å². The molecule has 0 atom stereocenters. The average Bonchev–Trinajstić information content (AvgIpc) is 2.97. The largest absolute Gasteiger partial charge is 0.440 e. The first-order valence-corrected chi connectivity index (χ1v) is 5.56. The number of carbonyl (C=O) groups excluding carboxylic acids is 1. The van der Waals surface area contributed by atoms with E-state index in [0.29, 0.717) is 19.0 Å². The molecule has 0 saturated heterocycles. The molecule has 0 bridgehead atoms. The molecule has 3 nitrogen and oxygen atoms in total. The predicted molar refractivity (Wildman–Crippen MR) is 61.2 cm³/mol. The molecule has 0 radical (unpaired) electrons. The summed E-state index contributed by atoms with van der Waals surface area (Å²) < 4.78 is 5.08. The number of halogens is 1. The van der Waals surface area contributed by atoms with Crippen LogP contribution in [0, 0.1) is 18.3 Å². The average molecular weight is 238 g/mol. The monoisotopic (exact) mass is 237 g/mol. The fraction of sp³-hybridized carbons (Fsp3) is 0.417. The maximum absolute atomic E-state index is 12.0. The summed E-state index contributed by atoms with van der Waals surface area (Å²) in [6.45, 7) is 1.02. The highest BCUT2D eigenvalue weighted by Crippen LogP contribution is 2.30. The van der Waals surface area contributed by atoms with Crippen molar-refractivity contribution in [2.45, 2.75) is 12.8 Å². The van der Waals surface area contributed by atoms with E-state index in [-0.39, 0.29) is 16.9 Å². The van der Waals surface area contributed by atoms with E-state index in [2.05, 4.69) is 5.92 Å². The molecule has 1 saturated carbocycles. The van der Waals surface area contributed by atoms with Crippen LogP contribution < -0.4 is 0 Å². The van der Waals surface area contributed by atoms with E-state index in [1.807, 2.05) is 0 Å². The van der Waals surface area contributed by atoms with E-state index in [4.69, 9.17) is 22.4 Å². The molecule has 0 aromatic carbocycles. The van der Waals surface area contributed by atoms with E-state index in [1.165, 1.54) is 12.8 Å². The third kappa shape index (κ3) is 2.59. The number of furan rings is 1. The highest BCUT2D eigenvalue weighted by atomic mass is 35.5. The second kappa shape index (κ2) is 4.63. The molecular weight excluding hydrogens is 226 g/mol. The Morgan fingerprint density at radius 1 is 1.62 bits per heavy atom. The minimum Gasteiger partial charge on any atom is -0.440 e. The van der Waals surface area contributed by atoms with Crippen LogP contribution in [-0.2, 0) is 0 Å². The van der Waals surface area contributed by atoms with Gasteiger partial charge in [0.1, 0.15) is 0 Å². The van der Waals surface area contributed by atoms with Crippen LogP contribution in [-0.4, -0.2) is 23.9 Å². The van der Waals surface area contributed by atoms with Gasteiger partial charge in [0.05, 0.1) is 6.54 Å². The van der Waals surface area contributed by atoms with Gasteiger partial charge in [-0.1, -0.05) is 5.92 Å². The fourth-order valence-corrected chi connectivity index (χ4v) is 1.67. The zero-order chi connectivity index (χ0) is 11.5. The molecule has 2 rings (SSSR count). The van der Waals surface area contributed by atoms with Crippen molar-refractivity contribution >= 4 is 17.5 Å². The maximum atomic E-state index is 12.0. The Morgan fingerprint density at radius 3 is 2.88 bits per heavy atom. The van der Waals surface area contributed by atoms with Crippen LogP contribution in [0.5, 0.6) is 0 Å². The molecular formula is C12H12ClNO2. The quantitative estimate of drug-likeness (QED) is 0.754. The van der Waals surface area contributed by atoms with Crippen LogP contribution in [0.3, 0.4) is 0 Å². The molecule has 1 heterocycles. The smallest absolute Gasteiger partial charge is 0.290 e. The summed E-state index contributed by atoms with van der Waals surface area (Å²) in [7, 11) is 0. The zero-order valence-corrected chi connectivity index (χ0v) is 9.54. The van der Waals surface area contributed by atoms with Crippen molar-refractivity contribution in [1.82, 2.24) is 4.90 Å². The van der Waals surface area contributed by atoms with Gasteiger partial charge >= 0.3 is 0 Å². The lowest BCUT2D eigenvalue weighted by atomic mass is 10.3. The summed E-state index contributed by atoms with van der Waals surface area (Å²) >= 11 is 5.63. The molecule has 1 aromatic rings. The number of rotatable bonds is 4. The number of hydrogen-bond donors (Lipinski definition) is 0. The summed E-state index contributed by atoms with van der Waals surface area (Å²) in [4.78, 5) is 13.6. The lowest BCUT2D eigenvalue weighted by Gasteiger charge is -2.18. The molecule has 0 aliphatic heterocycles. The second-order valence-corrected chi connectivity index (χ2v) is 4.31. The van der Waals surface area contributed by atoms with Gasteiger partial charge in [0.2, 0.25) is 0 Å². The van der Waals surface area contributed by atoms with Crippen LogP contribution >= 0.6 is 11.6 Å². The van der Waals surface area contributed by atoms with E-state index < -0.39 is 0 Å². The zero-order valence-electron chi connectivity index (χ0n) is 8.78. The maximum Gasteiger partial charge on any atom is 0.290 e. The predicted octanol–water partition coefficient (Wildman–Crippen LogP) is 2.42. The Morgan fingerprint density at radius 2 is 2.38 bits per heavy atom. The van der Waals surface area contributed by atoms with Gasteiger partial charge in [0, 0.05) is 6.54 Å². The van der Waals surface area contributed by atoms with Crippen molar-refractivity contribution in [3.8, 4) is 12.3 Å². The van der Waals surface area contributed by atoms with Crippen molar-refractivity contribution < 1.29 is 9.21 Å². The SMILES string of the molecule is C#CCN(CC1CC1)C(=O)c1ccc(Cl)o1. The fourth-order valence-electron chi connectivity index (χ4n) is 1.53. The van der Waals surface area contributed by atoms with Crippen LogP contribution in [0.15, 0.2) is 16.5 Å². The molecule has 1 aliphatic rings. The summed E-state index contributed by atoms with van der Waals surface area (Å²) in [6, 6.07) is 3.13. The molecule has 4 heteroatoms. The molecule has 0 N–H and O–H groups in total. The Balaban J connectivity index is 2.06. The van der Waals surface area contributed by atoms with E-state index in [9.17, 15) is 4.79 Å². The molecule has 1 fully saturated rings. The highest BCUT2D eigenvalue weighted by Gasteiger charge is 2.27. The molecule has 1 aromatic heterocycles. The Kier molecular flexibility index (Phi) is 3.21. The van der Waals surface area contributed by atoms with Gasteiger partial charge < -0.3 is 9.32 Å². The summed E-state index contributed by atoms with van der Waals surface area (Å²) in [5.74, 6) is 3.16. The van der Waals surface area contributed by atoms with Crippen LogP contribution in [0.1, 0.15) is 23.4 Å². The van der Waals surface area contributed by atoms with E-state index >= 15 is 0 Å². The lowest BCUT2D eigenvalue weighted by Crippen LogP contribution is -2.33. The van der Waals surface area contributed by atoms with Crippen LogP contribution in [0.2, 0.25) is 5.22 Å². The van der Waals surface area contributed by atoms with Gasteiger partial charge in [-0.05, 0) is 42.5 Å². The topological polar surface area (TPSA) is 33.5 Å². The number of nitrogens with zero attached hydrogens (tertiary/aromatic N) is 1. The molecule has 84 valence electrons. The second-order valence-electron chi connectivity index (χ2n) is 3.94. The number of carbonyl (C=O) groups is 1. The van der Waals surface area contributed by atoms with Gasteiger partial charge in [-0.2, -0.15) is 0 Å². The molecule has 0 spiro atoms. The first-order valence-electron chi connectivity index (χ1n) is 5.19.